The molecule has 176 valence electrons. The van der Waals surface area contributed by atoms with Crippen molar-refractivity contribution >= 4 is 27.7 Å². The maximum absolute atomic E-state index is 12.8. The number of carbonyl (C=O) groups excluding carboxylic acids is 1. The van der Waals surface area contributed by atoms with E-state index in [1.807, 2.05) is 0 Å². The Hall–Kier alpha value is -2.11. The molecule has 1 amide bonds. The maximum atomic E-state index is 12.8. The molecule has 1 fully saturated rings. The Bertz CT molecular complexity index is 1040. The summed E-state index contributed by atoms with van der Waals surface area (Å²) in [5.41, 5.74) is 0.542. The van der Waals surface area contributed by atoms with Crippen LogP contribution in [0.2, 0.25) is 0 Å². The van der Waals surface area contributed by atoms with Gasteiger partial charge in [-0.25, -0.2) is 13.1 Å². The van der Waals surface area contributed by atoms with E-state index in [1.54, 1.807) is 38.1 Å². The third kappa shape index (κ3) is 5.44. The molecule has 0 bridgehead atoms. The molecule has 1 saturated carbocycles. The number of hydrogen-bond acceptors (Lipinski definition) is 7. The predicted molar refractivity (Wildman–Crippen MR) is 126 cm³/mol. The molecule has 0 radical (unpaired) electrons. The lowest BCUT2D eigenvalue weighted by Gasteiger charge is -2.29. The fourth-order valence-corrected chi connectivity index (χ4v) is 6.16. The molecule has 1 aromatic carbocycles. The van der Waals surface area contributed by atoms with E-state index in [2.05, 4.69) is 22.4 Å². The molecule has 2 atom stereocenters. The summed E-state index contributed by atoms with van der Waals surface area (Å²) in [5.74, 6) is 7.14. The average Bonchev–Trinajstić information content (AvgIpc) is 3.15. The van der Waals surface area contributed by atoms with E-state index in [1.165, 1.54) is 27.2 Å². The zero-order valence-electron chi connectivity index (χ0n) is 18.8. The van der Waals surface area contributed by atoms with E-state index in [-0.39, 0.29) is 22.6 Å². The van der Waals surface area contributed by atoms with Crippen molar-refractivity contribution in [3.63, 3.8) is 0 Å². The monoisotopic (exact) mass is 480 g/mol. The van der Waals surface area contributed by atoms with Gasteiger partial charge in [-0.15, -0.1) is 10.2 Å². The van der Waals surface area contributed by atoms with Crippen molar-refractivity contribution in [1.29, 1.82) is 0 Å². The molecule has 2 aromatic rings. The van der Waals surface area contributed by atoms with Gasteiger partial charge >= 0.3 is 0 Å². The lowest BCUT2D eigenvalue weighted by atomic mass is 9.86. The number of nitrogens with zero attached hydrogens (tertiary/aromatic N) is 4. The number of sulfonamides is 1. The first-order chi connectivity index (χ1) is 15.3. The quantitative estimate of drug-likeness (QED) is 0.417. The van der Waals surface area contributed by atoms with Gasteiger partial charge in [-0.2, -0.15) is 4.31 Å². The normalized spacial score (nSPS) is 19.2. The van der Waals surface area contributed by atoms with Gasteiger partial charge in [0.2, 0.25) is 21.1 Å². The number of carbonyl (C=O) groups is 1. The zero-order valence-corrected chi connectivity index (χ0v) is 20.5. The van der Waals surface area contributed by atoms with Gasteiger partial charge in [0.15, 0.2) is 5.82 Å². The first-order valence-corrected chi connectivity index (χ1v) is 13.4. The Labute approximate surface area is 194 Å². The van der Waals surface area contributed by atoms with Gasteiger partial charge in [-0.05, 0) is 30.9 Å². The van der Waals surface area contributed by atoms with Crippen molar-refractivity contribution in [3.8, 4) is 11.4 Å². The van der Waals surface area contributed by atoms with E-state index < -0.39 is 10.0 Å². The molecule has 0 spiro atoms. The zero-order chi connectivity index (χ0) is 23.3. The van der Waals surface area contributed by atoms with Crippen molar-refractivity contribution in [3.05, 3.63) is 24.3 Å². The van der Waals surface area contributed by atoms with E-state index >= 15 is 0 Å². The predicted octanol–water partition coefficient (Wildman–Crippen LogP) is 2.48. The minimum Gasteiger partial charge on any atom is -0.352 e. The molecule has 1 aliphatic rings. The highest BCUT2D eigenvalue weighted by Crippen LogP contribution is 2.26. The minimum atomic E-state index is -3.60. The highest BCUT2D eigenvalue weighted by molar-refractivity contribution is 7.99. The first kappa shape index (κ1) is 24.5. The second kappa shape index (κ2) is 10.7. The summed E-state index contributed by atoms with van der Waals surface area (Å²) in [7, 11) is -3.60. The molecule has 1 aliphatic carbocycles. The number of thioether (sulfide) groups is 1. The number of benzene rings is 1. The second-order valence-electron chi connectivity index (χ2n) is 8.02. The van der Waals surface area contributed by atoms with Gasteiger partial charge in [0.1, 0.15) is 0 Å². The molecule has 0 unspecified atom stereocenters. The van der Waals surface area contributed by atoms with Crippen LogP contribution in [0.3, 0.4) is 0 Å². The Morgan fingerprint density at radius 2 is 1.97 bits per heavy atom. The van der Waals surface area contributed by atoms with Crippen LogP contribution < -0.4 is 11.2 Å². The van der Waals surface area contributed by atoms with Crippen LogP contribution in [0.25, 0.3) is 11.4 Å². The summed E-state index contributed by atoms with van der Waals surface area (Å²) in [4.78, 5) is 12.6. The Balaban J connectivity index is 1.70. The number of aromatic nitrogens is 3. The van der Waals surface area contributed by atoms with Gasteiger partial charge in [0, 0.05) is 24.7 Å². The van der Waals surface area contributed by atoms with E-state index in [0.717, 1.165) is 19.3 Å². The Morgan fingerprint density at radius 1 is 1.25 bits per heavy atom. The minimum absolute atomic E-state index is 0.0504. The molecule has 3 N–H and O–H groups in total. The van der Waals surface area contributed by atoms with Crippen molar-refractivity contribution in [2.75, 3.05) is 24.7 Å². The summed E-state index contributed by atoms with van der Waals surface area (Å²) in [6.45, 7) is 6.55. The van der Waals surface area contributed by atoms with Crippen molar-refractivity contribution in [1.82, 2.24) is 24.5 Å². The molecule has 32 heavy (non-hydrogen) atoms. The van der Waals surface area contributed by atoms with Gasteiger partial charge in [-0.3, -0.25) is 4.79 Å². The number of amides is 1. The summed E-state index contributed by atoms with van der Waals surface area (Å²) >= 11 is 1.21. The fourth-order valence-electron chi connectivity index (χ4n) is 3.99. The van der Waals surface area contributed by atoms with Crippen LogP contribution in [0.4, 0.5) is 0 Å². The van der Waals surface area contributed by atoms with E-state index in [4.69, 9.17) is 5.84 Å². The highest BCUT2D eigenvalue weighted by Gasteiger charge is 2.24. The molecule has 1 heterocycles. The number of nitrogens with two attached hydrogens (primary N) is 1. The third-order valence-electron chi connectivity index (χ3n) is 5.89. The SMILES string of the molecule is CCN(CC)S(=O)(=O)c1cccc(-c2nnc(SCC(=O)N[C@H]3CCCC[C@H]3C)n2N)c1. The lowest BCUT2D eigenvalue weighted by Crippen LogP contribution is -2.41. The number of rotatable bonds is 9. The highest BCUT2D eigenvalue weighted by atomic mass is 32.2. The van der Waals surface area contributed by atoms with Gasteiger partial charge < -0.3 is 11.2 Å². The topological polar surface area (TPSA) is 123 Å². The number of hydrogen-bond donors (Lipinski definition) is 2. The van der Waals surface area contributed by atoms with Crippen molar-refractivity contribution in [2.24, 2.45) is 5.92 Å². The summed E-state index contributed by atoms with van der Waals surface area (Å²) in [5, 5.41) is 11.7. The van der Waals surface area contributed by atoms with E-state index in [9.17, 15) is 13.2 Å². The lowest BCUT2D eigenvalue weighted by molar-refractivity contribution is -0.119. The summed E-state index contributed by atoms with van der Waals surface area (Å²) in [6, 6.07) is 6.72. The third-order valence-corrected chi connectivity index (χ3v) is 8.88. The maximum Gasteiger partial charge on any atom is 0.243 e. The standard InChI is InChI=1S/C21H32N6O3S2/c1-4-26(5-2)32(29,30)17-11-8-10-16(13-17)20-24-25-21(27(20)22)31-14-19(28)23-18-12-7-6-9-15(18)3/h8,10-11,13,15,18H,4-7,9,12,14,22H2,1-3H3,(H,23,28)/t15-,18+/m1/s1. The smallest absolute Gasteiger partial charge is 0.243 e. The van der Waals surface area contributed by atoms with Crippen LogP contribution in [0.5, 0.6) is 0 Å². The van der Waals surface area contributed by atoms with Crippen LogP contribution >= 0.6 is 11.8 Å². The van der Waals surface area contributed by atoms with Gasteiger partial charge in [-0.1, -0.05) is 57.5 Å². The van der Waals surface area contributed by atoms with Crippen molar-refractivity contribution < 1.29 is 13.2 Å². The summed E-state index contributed by atoms with van der Waals surface area (Å²) in [6.07, 6.45) is 4.52. The van der Waals surface area contributed by atoms with Crippen molar-refractivity contribution in [2.45, 2.75) is 62.5 Å². The summed E-state index contributed by atoms with van der Waals surface area (Å²) < 4.78 is 28.4. The first-order valence-electron chi connectivity index (χ1n) is 11.0. The molecule has 9 nitrogen and oxygen atoms in total. The number of nitrogens with one attached hydrogen (secondary N) is 1. The van der Waals surface area contributed by atoms with Crippen LogP contribution in [0.15, 0.2) is 34.3 Å². The molecule has 11 heteroatoms. The van der Waals surface area contributed by atoms with Gasteiger partial charge in [0.25, 0.3) is 0 Å². The second-order valence-corrected chi connectivity index (χ2v) is 10.9. The Morgan fingerprint density at radius 3 is 2.66 bits per heavy atom. The molecule has 0 saturated heterocycles. The van der Waals surface area contributed by atoms with Crippen LogP contribution in [0.1, 0.15) is 46.5 Å². The van der Waals surface area contributed by atoms with Crippen LogP contribution in [-0.4, -0.2) is 58.4 Å². The molecular weight excluding hydrogens is 448 g/mol. The van der Waals surface area contributed by atoms with Crippen LogP contribution in [-0.2, 0) is 14.8 Å². The molecule has 3 rings (SSSR count). The fraction of sp³-hybridized carbons (Fsp3) is 0.571. The molecule has 1 aromatic heterocycles. The Kier molecular flexibility index (Phi) is 8.18. The number of nitrogen functional groups attached to an aromatic ring is 1. The molecular formula is C21H32N6O3S2. The van der Waals surface area contributed by atoms with Gasteiger partial charge in [0.05, 0.1) is 10.6 Å². The van der Waals surface area contributed by atoms with Crippen LogP contribution in [0, 0.1) is 5.92 Å². The average molecular weight is 481 g/mol. The largest absolute Gasteiger partial charge is 0.352 e. The molecule has 0 aliphatic heterocycles. The van der Waals surface area contributed by atoms with E-state index in [0.29, 0.717) is 35.6 Å².